The Morgan fingerprint density at radius 2 is 2.00 bits per heavy atom. The average Bonchev–Trinajstić information content (AvgIpc) is 3.60. The first-order valence-electron chi connectivity index (χ1n) is 10.6. The van der Waals surface area contributed by atoms with E-state index >= 15 is 0 Å². The van der Waals surface area contributed by atoms with Crippen molar-refractivity contribution < 1.29 is 22.6 Å². The minimum Gasteiger partial charge on any atom is -0.506 e. The summed E-state index contributed by atoms with van der Waals surface area (Å²) in [6, 6.07) is 11.4. The molecule has 2 heterocycles. The van der Waals surface area contributed by atoms with Crippen molar-refractivity contribution >= 4 is 51.0 Å². The fourth-order valence-corrected chi connectivity index (χ4v) is 6.17. The molecular weight excluding hydrogens is 479 g/mol. The highest BCUT2D eigenvalue weighted by Crippen LogP contribution is 2.52. The molecule has 2 aliphatic rings. The summed E-state index contributed by atoms with van der Waals surface area (Å²) in [6.07, 6.45) is 3.07. The van der Waals surface area contributed by atoms with E-state index in [4.69, 9.17) is 4.52 Å². The minimum atomic E-state index is -3.90. The van der Waals surface area contributed by atoms with Gasteiger partial charge in [0.2, 0.25) is 10.0 Å². The number of anilines is 2. The maximum Gasteiger partial charge on any atom is 0.348 e. The van der Waals surface area contributed by atoms with Crippen LogP contribution in [0.4, 0.5) is 11.4 Å². The number of fused-ring (bicyclic) bond motifs is 2. The van der Waals surface area contributed by atoms with Crippen molar-refractivity contribution in [1.82, 2.24) is 4.57 Å². The van der Waals surface area contributed by atoms with Crippen LogP contribution in [-0.2, 0) is 25.7 Å². The molecule has 1 aliphatic heterocycles. The van der Waals surface area contributed by atoms with Crippen molar-refractivity contribution in [2.24, 2.45) is 10.7 Å². The first-order chi connectivity index (χ1) is 16.1. The molecular formula is C22H23N4O6PS. The van der Waals surface area contributed by atoms with Gasteiger partial charge >= 0.3 is 7.52 Å². The van der Waals surface area contributed by atoms with E-state index in [2.05, 4.69) is 14.8 Å². The van der Waals surface area contributed by atoms with Crippen molar-refractivity contribution in [2.45, 2.75) is 19.4 Å². The summed E-state index contributed by atoms with van der Waals surface area (Å²) >= 11 is 0. The quantitative estimate of drug-likeness (QED) is 0.441. The van der Waals surface area contributed by atoms with Crippen molar-refractivity contribution in [3.8, 4) is 5.75 Å². The molecule has 1 unspecified atom stereocenters. The normalized spacial score (nSPS) is 19.9. The molecule has 0 spiro atoms. The molecule has 0 radical (unpaired) electrons. The molecule has 1 saturated carbocycles. The zero-order valence-corrected chi connectivity index (χ0v) is 20.2. The lowest BCUT2D eigenvalue weighted by atomic mass is 10.1. The lowest BCUT2D eigenvalue weighted by Crippen LogP contribution is -2.34. The zero-order valence-electron chi connectivity index (χ0n) is 18.5. The van der Waals surface area contributed by atoms with Gasteiger partial charge in [-0.25, -0.2) is 8.42 Å². The number of benzene rings is 2. The van der Waals surface area contributed by atoms with Gasteiger partial charge in [-0.05, 0) is 49.1 Å². The van der Waals surface area contributed by atoms with Crippen LogP contribution in [0.1, 0.15) is 18.4 Å². The maximum atomic E-state index is 13.7. The Balaban J connectivity index is 1.69. The van der Waals surface area contributed by atoms with E-state index in [1.807, 2.05) is 0 Å². The van der Waals surface area contributed by atoms with Crippen molar-refractivity contribution in [3.63, 3.8) is 0 Å². The fraction of sp³-hybridized carbons (Fsp3) is 0.273. The highest BCUT2D eigenvalue weighted by atomic mass is 32.2. The van der Waals surface area contributed by atoms with E-state index in [1.54, 1.807) is 28.8 Å². The molecule has 34 heavy (non-hydrogen) atoms. The van der Waals surface area contributed by atoms with Gasteiger partial charge in [0.25, 0.3) is 5.56 Å². The predicted octanol–water partition coefficient (Wildman–Crippen LogP) is 2.83. The molecule has 0 bridgehead atoms. The Morgan fingerprint density at radius 1 is 1.26 bits per heavy atom. The molecule has 12 heteroatoms. The van der Waals surface area contributed by atoms with Crippen LogP contribution < -0.4 is 20.9 Å². The van der Waals surface area contributed by atoms with E-state index in [1.165, 1.54) is 25.3 Å². The molecule has 178 valence electrons. The number of aromatic hydroxyl groups is 1. The smallest absolute Gasteiger partial charge is 0.348 e. The van der Waals surface area contributed by atoms with Crippen molar-refractivity contribution in [3.05, 3.63) is 58.4 Å². The molecule has 1 atom stereocenters. The number of hydrogen-bond acceptors (Lipinski definition) is 7. The number of aromatic nitrogens is 1. The summed E-state index contributed by atoms with van der Waals surface area (Å²) in [7, 11) is -6.23. The topological polar surface area (TPSA) is 139 Å². The highest BCUT2D eigenvalue weighted by Gasteiger charge is 2.36. The van der Waals surface area contributed by atoms with E-state index in [-0.39, 0.29) is 28.1 Å². The van der Waals surface area contributed by atoms with Crippen molar-refractivity contribution in [1.29, 1.82) is 0 Å². The zero-order chi connectivity index (χ0) is 24.3. The Bertz CT molecular complexity index is 1580. The molecule has 0 amide bonds. The number of amidine groups is 1. The molecule has 3 N–H and O–H groups in total. The number of rotatable bonds is 6. The summed E-state index contributed by atoms with van der Waals surface area (Å²) < 4.78 is 50.4. The standard InChI is InChI=1S/C22H23N4O6PS/c1-32-33(29)18-11-14(25-34(2,30)31)9-10-16(18)23-21(24-33)19-20(27)15-5-3-4-6-17(15)26(22(19)28)12-13-7-8-13/h3-6,9-11,13,25,27H,7-8,12H2,1-2H3,(H,23,24,29). The molecule has 5 rings (SSSR count). The number of para-hydroxylation sites is 1. The number of hydrogen-bond donors (Lipinski definition) is 3. The Hall–Kier alpha value is -3.14. The number of nitrogens with one attached hydrogen (secondary N) is 2. The van der Waals surface area contributed by atoms with E-state index < -0.39 is 23.1 Å². The molecule has 1 aliphatic carbocycles. The number of sulfonamides is 1. The second kappa shape index (κ2) is 7.97. The molecule has 1 aromatic heterocycles. The van der Waals surface area contributed by atoms with Gasteiger partial charge in [-0.15, -0.1) is 0 Å². The summed E-state index contributed by atoms with van der Waals surface area (Å²) in [5.74, 6) is 0.0611. The molecule has 2 aromatic carbocycles. The van der Waals surface area contributed by atoms with Crippen LogP contribution in [0.15, 0.2) is 52.0 Å². The number of pyridine rings is 1. The minimum absolute atomic E-state index is 0.0701. The predicted molar refractivity (Wildman–Crippen MR) is 132 cm³/mol. The Kier molecular flexibility index (Phi) is 5.31. The van der Waals surface area contributed by atoms with Gasteiger partial charge < -0.3 is 19.5 Å². The van der Waals surface area contributed by atoms with Crippen LogP contribution >= 0.6 is 7.52 Å². The third kappa shape index (κ3) is 4.00. The third-order valence-corrected chi connectivity index (χ3v) is 8.40. The van der Waals surface area contributed by atoms with Gasteiger partial charge in [0.05, 0.1) is 22.8 Å². The Morgan fingerprint density at radius 3 is 2.68 bits per heavy atom. The highest BCUT2D eigenvalue weighted by molar-refractivity contribution is 7.92. The third-order valence-electron chi connectivity index (χ3n) is 5.86. The summed E-state index contributed by atoms with van der Waals surface area (Å²) in [6.45, 7) is 0.513. The van der Waals surface area contributed by atoms with Crippen LogP contribution in [0.3, 0.4) is 0 Å². The Labute approximate surface area is 195 Å². The molecule has 10 nitrogen and oxygen atoms in total. The molecule has 3 aromatic rings. The lowest BCUT2D eigenvalue weighted by molar-refractivity contribution is 0.404. The van der Waals surface area contributed by atoms with Gasteiger partial charge in [0.15, 0.2) is 5.84 Å². The summed E-state index contributed by atoms with van der Waals surface area (Å²) in [5.41, 5.74) is 0.592. The largest absolute Gasteiger partial charge is 0.506 e. The van der Waals surface area contributed by atoms with Gasteiger partial charge in [0, 0.05) is 24.7 Å². The van der Waals surface area contributed by atoms with E-state index in [0.717, 1.165) is 19.1 Å². The first-order valence-corrected chi connectivity index (χ1v) is 14.1. The van der Waals surface area contributed by atoms with Crippen molar-refractivity contribution in [2.75, 3.05) is 23.4 Å². The fourth-order valence-electron chi connectivity index (χ4n) is 4.08. The van der Waals surface area contributed by atoms with Gasteiger partial charge in [0.1, 0.15) is 11.3 Å². The first kappa shape index (κ1) is 22.6. The van der Waals surface area contributed by atoms with Gasteiger partial charge in [-0.3, -0.25) is 14.1 Å². The van der Waals surface area contributed by atoms with E-state index in [9.17, 15) is 22.9 Å². The number of nitrogens with zero attached hydrogens (tertiary/aromatic N) is 2. The summed E-state index contributed by atoms with van der Waals surface area (Å²) in [5, 5.41) is 14.7. The SMILES string of the molecule is COP1(=O)N=C(c2c(O)c3ccccc3n(CC3CC3)c2=O)Nc2ccc(NS(C)(=O)=O)cc21. The van der Waals surface area contributed by atoms with Crippen LogP contribution in [0, 0.1) is 5.92 Å². The van der Waals surface area contributed by atoms with Crippen LogP contribution in [0.25, 0.3) is 10.9 Å². The van der Waals surface area contributed by atoms with Crippen LogP contribution in [0.5, 0.6) is 5.75 Å². The van der Waals surface area contributed by atoms with Gasteiger partial charge in [-0.2, -0.15) is 4.76 Å². The molecule has 0 saturated heterocycles. The maximum absolute atomic E-state index is 13.7. The van der Waals surface area contributed by atoms with E-state index in [0.29, 0.717) is 29.1 Å². The second-order valence-electron chi connectivity index (χ2n) is 8.48. The summed E-state index contributed by atoms with van der Waals surface area (Å²) in [4.78, 5) is 13.6. The van der Waals surface area contributed by atoms with Crippen LogP contribution in [0.2, 0.25) is 0 Å². The van der Waals surface area contributed by atoms with Crippen LogP contribution in [-0.4, -0.2) is 37.3 Å². The molecule has 1 fully saturated rings. The van der Waals surface area contributed by atoms with Gasteiger partial charge in [-0.1, -0.05) is 12.1 Å². The average molecular weight is 502 g/mol. The lowest BCUT2D eigenvalue weighted by Gasteiger charge is -2.25. The monoisotopic (exact) mass is 502 g/mol. The second-order valence-corrected chi connectivity index (χ2v) is 12.3.